The van der Waals surface area contributed by atoms with E-state index in [1.165, 1.54) is 11.7 Å². The maximum Gasteiger partial charge on any atom is 0.361 e. The molecule has 0 spiro atoms. The molecule has 0 aliphatic carbocycles. The van der Waals surface area contributed by atoms with Crippen molar-refractivity contribution in [2.45, 2.75) is 33.8 Å². The second kappa shape index (κ2) is 7.72. The van der Waals surface area contributed by atoms with E-state index in [0.29, 0.717) is 18.2 Å². The minimum Gasteiger partial charge on any atom is -0.448 e. The minimum absolute atomic E-state index is 0.0994. The molecule has 0 unspecified atom stereocenters. The van der Waals surface area contributed by atoms with Crippen molar-refractivity contribution in [2.24, 2.45) is 5.92 Å². The molecular formula is C17H22N4O3. The van der Waals surface area contributed by atoms with E-state index < -0.39 is 12.1 Å². The fourth-order valence-corrected chi connectivity index (χ4v) is 1.96. The third-order valence-corrected chi connectivity index (χ3v) is 3.30. The summed E-state index contributed by atoms with van der Waals surface area (Å²) in [5, 5.41) is 11.1. The zero-order chi connectivity index (χ0) is 17.7. The van der Waals surface area contributed by atoms with Gasteiger partial charge in [-0.15, -0.1) is 5.10 Å². The van der Waals surface area contributed by atoms with Gasteiger partial charge in [0.15, 0.2) is 11.8 Å². The van der Waals surface area contributed by atoms with Crippen LogP contribution < -0.4 is 5.32 Å². The third kappa shape index (κ3) is 4.41. The molecule has 1 atom stereocenters. The van der Waals surface area contributed by atoms with Crippen molar-refractivity contribution in [1.82, 2.24) is 20.3 Å². The predicted octanol–water partition coefficient (Wildman–Crippen LogP) is 1.89. The second-order valence-electron chi connectivity index (χ2n) is 5.95. The van der Waals surface area contributed by atoms with Crippen LogP contribution in [0.25, 0.3) is 5.69 Å². The molecule has 0 radical (unpaired) electrons. The number of amides is 1. The molecule has 0 bridgehead atoms. The van der Waals surface area contributed by atoms with Crippen LogP contribution in [0.4, 0.5) is 0 Å². The highest BCUT2D eigenvalue weighted by Crippen LogP contribution is 2.10. The summed E-state index contributed by atoms with van der Waals surface area (Å²) in [6, 6.07) is 9.25. The average Bonchev–Trinajstić information content (AvgIpc) is 2.95. The number of carbonyl (C=O) groups excluding carboxylic acids is 2. The van der Waals surface area contributed by atoms with Crippen LogP contribution in [-0.2, 0) is 9.53 Å². The fourth-order valence-electron chi connectivity index (χ4n) is 1.96. The van der Waals surface area contributed by atoms with Crippen LogP contribution in [0.3, 0.4) is 0 Å². The van der Waals surface area contributed by atoms with Gasteiger partial charge in [0.2, 0.25) is 0 Å². The lowest BCUT2D eigenvalue weighted by Gasteiger charge is -2.13. The van der Waals surface area contributed by atoms with Crippen molar-refractivity contribution >= 4 is 11.9 Å². The molecular weight excluding hydrogens is 308 g/mol. The molecule has 128 valence electrons. The molecule has 1 aromatic heterocycles. The van der Waals surface area contributed by atoms with Crippen LogP contribution >= 0.6 is 0 Å². The second-order valence-corrected chi connectivity index (χ2v) is 5.95. The normalized spacial score (nSPS) is 12.0. The minimum atomic E-state index is -0.891. The Labute approximate surface area is 141 Å². The first-order chi connectivity index (χ1) is 11.4. The summed E-state index contributed by atoms with van der Waals surface area (Å²) in [5.74, 6) is -0.670. The van der Waals surface area contributed by atoms with E-state index in [2.05, 4.69) is 15.5 Å². The van der Waals surface area contributed by atoms with Gasteiger partial charge in [0.05, 0.1) is 11.4 Å². The smallest absolute Gasteiger partial charge is 0.361 e. The molecule has 7 nitrogen and oxygen atoms in total. The Hall–Kier alpha value is -2.70. The number of hydrogen-bond donors (Lipinski definition) is 1. The average molecular weight is 330 g/mol. The van der Waals surface area contributed by atoms with E-state index in [0.717, 1.165) is 5.69 Å². The van der Waals surface area contributed by atoms with Gasteiger partial charge in [-0.2, -0.15) is 9.90 Å². The highest BCUT2D eigenvalue weighted by atomic mass is 16.5. The summed E-state index contributed by atoms with van der Waals surface area (Å²) in [6.07, 6.45) is -0.891. The van der Waals surface area contributed by atoms with Gasteiger partial charge in [0, 0.05) is 6.54 Å². The Bertz CT molecular complexity index is 710. The fraction of sp³-hybridized carbons (Fsp3) is 0.412. The zero-order valence-electron chi connectivity index (χ0n) is 14.3. The topological polar surface area (TPSA) is 86.1 Å². The largest absolute Gasteiger partial charge is 0.448 e. The maximum absolute atomic E-state index is 12.2. The number of carbonyl (C=O) groups is 2. The van der Waals surface area contributed by atoms with Crippen molar-refractivity contribution in [2.75, 3.05) is 6.54 Å². The van der Waals surface area contributed by atoms with Gasteiger partial charge in [0.25, 0.3) is 5.91 Å². The summed E-state index contributed by atoms with van der Waals surface area (Å²) < 4.78 is 5.19. The standard InChI is InChI=1S/C17H22N4O3/c1-11(2)10-18-16(22)13(4)24-17(23)15-12(3)19-21(20-15)14-8-6-5-7-9-14/h5-9,11,13H,10H2,1-4H3,(H,18,22)/t13-/m1/s1. The van der Waals surface area contributed by atoms with Gasteiger partial charge in [0.1, 0.15) is 0 Å². The Kier molecular flexibility index (Phi) is 5.68. The first-order valence-electron chi connectivity index (χ1n) is 7.86. The number of esters is 1. The molecule has 0 fully saturated rings. The van der Waals surface area contributed by atoms with E-state index in [1.807, 2.05) is 44.2 Å². The molecule has 24 heavy (non-hydrogen) atoms. The lowest BCUT2D eigenvalue weighted by atomic mass is 10.2. The number of nitrogens with zero attached hydrogens (tertiary/aromatic N) is 3. The van der Waals surface area contributed by atoms with Crippen molar-refractivity contribution in [3.63, 3.8) is 0 Å². The van der Waals surface area contributed by atoms with E-state index in [9.17, 15) is 9.59 Å². The Morgan fingerprint density at radius 2 is 1.83 bits per heavy atom. The van der Waals surface area contributed by atoms with Gasteiger partial charge in [-0.05, 0) is 31.9 Å². The van der Waals surface area contributed by atoms with Gasteiger partial charge >= 0.3 is 5.97 Å². The molecule has 7 heteroatoms. The number of rotatable bonds is 6. The summed E-state index contributed by atoms with van der Waals surface area (Å²) in [7, 11) is 0. The van der Waals surface area contributed by atoms with Crippen LogP contribution in [0.5, 0.6) is 0 Å². The number of nitrogens with one attached hydrogen (secondary N) is 1. The number of ether oxygens (including phenoxy) is 1. The summed E-state index contributed by atoms with van der Waals surface area (Å²) >= 11 is 0. The first kappa shape index (κ1) is 17.7. The lowest BCUT2D eigenvalue weighted by molar-refractivity contribution is -0.129. The highest BCUT2D eigenvalue weighted by Gasteiger charge is 2.23. The van der Waals surface area contributed by atoms with Gasteiger partial charge in [-0.25, -0.2) is 4.79 Å². The van der Waals surface area contributed by atoms with E-state index in [-0.39, 0.29) is 11.6 Å². The first-order valence-corrected chi connectivity index (χ1v) is 7.86. The van der Waals surface area contributed by atoms with Crippen LogP contribution in [0, 0.1) is 12.8 Å². The van der Waals surface area contributed by atoms with Crippen molar-refractivity contribution in [3.8, 4) is 5.69 Å². The molecule has 1 amide bonds. The molecule has 2 aromatic rings. The molecule has 2 rings (SSSR count). The van der Waals surface area contributed by atoms with E-state index in [4.69, 9.17) is 4.74 Å². The van der Waals surface area contributed by atoms with Gasteiger partial charge < -0.3 is 10.1 Å². The van der Waals surface area contributed by atoms with Gasteiger partial charge in [-0.3, -0.25) is 4.79 Å². The SMILES string of the molecule is Cc1nn(-c2ccccc2)nc1C(=O)O[C@H](C)C(=O)NCC(C)C. The number of aromatic nitrogens is 3. The molecule has 1 heterocycles. The maximum atomic E-state index is 12.2. The summed E-state index contributed by atoms with van der Waals surface area (Å²) in [4.78, 5) is 25.5. The molecule has 0 saturated heterocycles. The van der Waals surface area contributed by atoms with E-state index >= 15 is 0 Å². The molecule has 0 saturated carbocycles. The Morgan fingerprint density at radius 3 is 2.46 bits per heavy atom. The van der Waals surface area contributed by atoms with Crippen LogP contribution in [-0.4, -0.2) is 39.5 Å². The summed E-state index contributed by atoms with van der Waals surface area (Å²) in [6.45, 7) is 7.71. The molecule has 1 aromatic carbocycles. The van der Waals surface area contributed by atoms with Gasteiger partial charge in [-0.1, -0.05) is 32.0 Å². The quantitative estimate of drug-likeness (QED) is 0.818. The highest BCUT2D eigenvalue weighted by molar-refractivity contribution is 5.91. The monoisotopic (exact) mass is 330 g/mol. The Balaban J connectivity index is 2.05. The summed E-state index contributed by atoms with van der Waals surface area (Å²) in [5.41, 5.74) is 1.28. The zero-order valence-corrected chi connectivity index (χ0v) is 14.3. The number of benzene rings is 1. The van der Waals surface area contributed by atoms with Crippen LogP contribution in [0.15, 0.2) is 30.3 Å². The van der Waals surface area contributed by atoms with Crippen molar-refractivity contribution in [3.05, 3.63) is 41.7 Å². The predicted molar refractivity (Wildman–Crippen MR) is 88.8 cm³/mol. The number of hydrogen-bond acceptors (Lipinski definition) is 5. The third-order valence-electron chi connectivity index (χ3n) is 3.30. The van der Waals surface area contributed by atoms with Crippen molar-refractivity contribution < 1.29 is 14.3 Å². The van der Waals surface area contributed by atoms with Crippen LogP contribution in [0.2, 0.25) is 0 Å². The number of para-hydroxylation sites is 1. The molecule has 0 aliphatic rings. The Morgan fingerprint density at radius 1 is 1.17 bits per heavy atom. The lowest BCUT2D eigenvalue weighted by Crippen LogP contribution is -2.37. The molecule has 0 aliphatic heterocycles. The molecule has 1 N–H and O–H groups in total. The van der Waals surface area contributed by atoms with E-state index in [1.54, 1.807) is 6.92 Å². The van der Waals surface area contributed by atoms with Crippen molar-refractivity contribution in [1.29, 1.82) is 0 Å². The van der Waals surface area contributed by atoms with Crippen LogP contribution in [0.1, 0.15) is 37.0 Å². The number of aryl methyl sites for hydroxylation is 1.